The summed E-state index contributed by atoms with van der Waals surface area (Å²) in [5, 5.41) is 12.5. The summed E-state index contributed by atoms with van der Waals surface area (Å²) < 4.78 is 17.2. The minimum Gasteiger partial charge on any atom is -0.478 e. The lowest BCUT2D eigenvalue weighted by Gasteiger charge is -2.31. The summed E-state index contributed by atoms with van der Waals surface area (Å²) in [6.45, 7) is 5.69. The van der Waals surface area contributed by atoms with Gasteiger partial charge in [0.2, 0.25) is 5.88 Å². The first-order valence-electron chi connectivity index (χ1n) is 10.6. The molecule has 1 unspecified atom stereocenters. The Bertz CT molecular complexity index is 1370. The van der Waals surface area contributed by atoms with Crippen LogP contribution in [0.5, 0.6) is 5.88 Å². The normalized spacial score (nSPS) is 14.9. The number of fused-ring (bicyclic) bond motifs is 2. The van der Waals surface area contributed by atoms with Crippen LogP contribution in [0.3, 0.4) is 0 Å². The monoisotopic (exact) mass is 445 g/mol. The summed E-state index contributed by atoms with van der Waals surface area (Å²) in [7, 11) is 0. The lowest BCUT2D eigenvalue weighted by atomic mass is 9.80. The van der Waals surface area contributed by atoms with E-state index in [0.29, 0.717) is 51.6 Å². The number of aromatic nitrogens is 1. The molecule has 1 aliphatic rings. The summed E-state index contributed by atoms with van der Waals surface area (Å²) in [6, 6.07) is 10.5. The smallest absolute Gasteiger partial charge is 0.336 e. The first-order valence-corrected chi connectivity index (χ1v) is 10.6. The molecule has 0 fully saturated rings. The molecule has 0 saturated carbocycles. The van der Waals surface area contributed by atoms with Crippen LogP contribution in [0.15, 0.2) is 57.0 Å². The highest BCUT2D eigenvalue weighted by atomic mass is 16.5. The van der Waals surface area contributed by atoms with Crippen LogP contribution in [0.2, 0.25) is 0 Å². The molecule has 1 N–H and O–H groups in total. The molecule has 0 spiro atoms. The zero-order chi connectivity index (χ0) is 23.5. The molecule has 3 heterocycles. The fraction of sp³-hybridized carbons (Fsp3) is 0.280. The van der Waals surface area contributed by atoms with Crippen LogP contribution in [-0.2, 0) is 9.53 Å². The minimum absolute atomic E-state index is 0.0270. The molecular formula is C25H23N3O5. The molecule has 1 aromatic carbocycles. The van der Waals surface area contributed by atoms with Crippen molar-refractivity contribution in [2.24, 2.45) is 0 Å². The van der Waals surface area contributed by atoms with Crippen LogP contribution < -0.4 is 15.5 Å². The standard InChI is InChI=1S/C25H23N3O5/c1-4-31-24-22-18(9-11-27-24)28-15(3)20(25(30)32-12-6-10-26)21(22)17-8-5-7-16-19(29)13-14(2)33-23(16)17/h5,7-9,11,13,21,28H,4,6,12H2,1-3H3. The van der Waals surface area contributed by atoms with Gasteiger partial charge in [0, 0.05) is 29.2 Å². The number of anilines is 1. The number of para-hydroxylation sites is 1. The second kappa shape index (κ2) is 9.17. The highest BCUT2D eigenvalue weighted by molar-refractivity contribution is 5.96. The third-order valence-electron chi connectivity index (χ3n) is 5.42. The number of ether oxygens (including phenoxy) is 2. The van der Waals surface area contributed by atoms with Crippen molar-refractivity contribution in [3.8, 4) is 11.9 Å². The van der Waals surface area contributed by atoms with Crippen LogP contribution >= 0.6 is 0 Å². The Labute approximate surface area is 190 Å². The number of carbonyl (C=O) groups excluding carboxylic acids is 1. The van der Waals surface area contributed by atoms with Gasteiger partial charge in [0.15, 0.2) is 5.43 Å². The van der Waals surface area contributed by atoms with Gasteiger partial charge in [-0.3, -0.25) is 4.79 Å². The third kappa shape index (κ3) is 4.05. The lowest BCUT2D eigenvalue weighted by molar-refractivity contribution is -0.139. The molecule has 8 heteroatoms. The fourth-order valence-corrected chi connectivity index (χ4v) is 4.12. The van der Waals surface area contributed by atoms with Gasteiger partial charge in [-0.1, -0.05) is 12.1 Å². The highest BCUT2D eigenvalue weighted by Gasteiger charge is 2.37. The molecule has 3 aromatic rings. The van der Waals surface area contributed by atoms with Gasteiger partial charge in [-0.05, 0) is 32.9 Å². The van der Waals surface area contributed by atoms with Crippen molar-refractivity contribution >= 4 is 22.6 Å². The number of esters is 1. The summed E-state index contributed by atoms with van der Waals surface area (Å²) in [6.07, 6.45) is 1.71. The van der Waals surface area contributed by atoms with Gasteiger partial charge in [0.25, 0.3) is 0 Å². The first kappa shape index (κ1) is 22.1. The van der Waals surface area contributed by atoms with Crippen molar-refractivity contribution in [3.05, 3.63) is 74.9 Å². The van der Waals surface area contributed by atoms with E-state index >= 15 is 0 Å². The molecule has 1 aliphatic heterocycles. The quantitative estimate of drug-likeness (QED) is 0.444. The number of nitrogens with zero attached hydrogens (tertiary/aromatic N) is 2. The number of hydrogen-bond donors (Lipinski definition) is 1. The molecule has 168 valence electrons. The average Bonchev–Trinajstić information content (AvgIpc) is 2.78. The van der Waals surface area contributed by atoms with Crippen LogP contribution in [0.4, 0.5) is 5.69 Å². The van der Waals surface area contributed by atoms with Gasteiger partial charge in [0.05, 0.1) is 41.5 Å². The number of nitrogens with one attached hydrogen (secondary N) is 1. The molecule has 0 bridgehead atoms. The predicted octanol–water partition coefficient (Wildman–Crippen LogP) is 4.18. The second-order valence-corrected chi connectivity index (χ2v) is 7.60. The lowest BCUT2D eigenvalue weighted by Crippen LogP contribution is -2.26. The number of nitriles is 1. The Balaban J connectivity index is 2.01. The molecule has 0 aliphatic carbocycles. The Morgan fingerprint density at radius 1 is 1.30 bits per heavy atom. The Hall–Kier alpha value is -4.12. The Morgan fingerprint density at radius 2 is 2.12 bits per heavy atom. The summed E-state index contributed by atoms with van der Waals surface area (Å²) in [4.78, 5) is 30.3. The van der Waals surface area contributed by atoms with E-state index in [-0.39, 0.29) is 18.5 Å². The molecule has 33 heavy (non-hydrogen) atoms. The van der Waals surface area contributed by atoms with Crippen molar-refractivity contribution in [2.45, 2.75) is 33.1 Å². The molecule has 0 amide bonds. The number of hydrogen-bond acceptors (Lipinski definition) is 8. The Morgan fingerprint density at radius 3 is 2.88 bits per heavy atom. The maximum Gasteiger partial charge on any atom is 0.336 e. The maximum atomic E-state index is 13.2. The molecule has 0 radical (unpaired) electrons. The van der Waals surface area contributed by atoms with Crippen molar-refractivity contribution < 1.29 is 18.7 Å². The predicted molar refractivity (Wildman–Crippen MR) is 122 cm³/mol. The van der Waals surface area contributed by atoms with Crippen molar-refractivity contribution in [1.29, 1.82) is 5.26 Å². The van der Waals surface area contributed by atoms with Crippen molar-refractivity contribution in [3.63, 3.8) is 0 Å². The maximum absolute atomic E-state index is 13.2. The van der Waals surface area contributed by atoms with E-state index in [1.807, 2.05) is 19.1 Å². The van der Waals surface area contributed by atoms with Crippen LogP contribution in [0, 0.1) is 18.3 Å². The number of pyridine rings is 1. The minimum atomic E-state index is -0.667. The summed E-state index contributed by atoms with van der Waals surface area (Å²) >= 11 is 0. The number of rotatable bonds is 6. The van der Waals surface area contributed by atoms with Crippen LogP contribution in [-0.4, -0.2) is 24.2 Å². The van der Waals surface area contributed by atoms with E-state index in [4.69, 9.17) is 19.2 Å². The fourth-order valence-electron chi connectivity index (χ4n) is 4.12. The number of benzene rings is 1. The molecule has 2 aromatic heterocycles. The molecule has 8 nitrogen and oxygen atoms in total. The molecule has 0 saturated heterocycles. The Kier molecular flexibility index (Phi) is 6.13. The second-order valence-electron chi connectivity index (χ2n) is 7.60. The highest BCUT2D eigenvalue weighted by Crippen LogP contribution is 2.47. The molecular weight excluding hydrogens is 422 g/mol. The summed E-state index contributed by atoms with van der Waals surface area (Å²) in [5.74, 6) is -0.401. The van der Waals surface area contributed by atoms with E-state index in [0.717, 1.165) is 5.69 Å². The van der Waals surface area contributed by atoms with Gasteiger partial charge < -0.3 is 19.2 Å². The van der Waals surface area contributed by atoms with Gasteiger partial charge in [0.1, 0.15) is 18.0 Å². The number of carbonyl (C=O) groups is 1. The van der Waals surface area contributed by atoms with Crippen molar-refractivity contribution in [1.82, 2.24) is 4.98 Å². The van der Waals surface area contributed by atoms with Gasteiger partial charge in [-0.15, -0.1) is 0 Å². The zero-order valence-electron chi connectivity index (χ0n) is 18.6. The first-order chi connectivity index (χ1) is 16.0. The van der Waals surface area contributed by atoms with Crippen molar-refractivity contribution in [2.75, 3.05) is 18.5 Å². The number of allylic oxidation sites excluding steroid dienone is 1. The van der Waals surface area contributed by atoms with E-state index < -0.39 is 11.9 Å². The molecule has 4 rings (SSSR count). The van der Waals surface area contributed by atoms with E-state index in [1.165, 1.54) is 6.07 Å². The van der Waals surface area contributed by atoms with Crippen LogP contribution in [0.1, 0.15) is 43.1 Å². The van der Waals surface area contributed by atoms with E-state index in [9.17, 15) is 9.59 Å². The SMILES string of the molecule is CCOc1nccc2c1C(c1cccc3c(=O)cc(C)oc13)C(C(=O)OCCC#N)=C(C)N2. The average molecular weight is 445 g/mol. The summed E-state index contributed by atoms with van der Waals surface area (Å²) in [5.41, 5.74) is 3.16. The zero-order valence-corrected chi connectivity index (χ0v) is 18.6. The van der Waals surface area contributed by atoms with Gasteiger partial charge in [-0.25, -0.2) is 9.78 Å². The van der Waals surface area contributed by atoms with Gasteiger partial charge >= 0.3 is 5.97 Å². The van der Waals surface area contributed by atoms with E-state index in [2.05, 4.69) is 10.3 Å². The topological polar surface area (TPSA) is 114 Å². The third-order valence-corrected chi connectivity index (χ3v) is 5.42. The van der Waals surface area contributed by atoms with Crippen LogP contribution in [0.25, 0.3) is 11.0 Å². The van der Waals surface area contributed by atoms with E-state index in [1.54, 1.807) is 38.2 Å². The largest absolute Gasteiger partial charge is 0.478 e. The van der Waals surface area contributed by atoms with Gasteiger partial charge in [-0.2, -0.15) is 5.26 Å². The number of aryl methyl sites for hydroxylation is 1. The molecule has 1 atom stereocenters.